The quantitative estimate of drug-likeness (QED) is 0.578. The summed E-state index contributed by atoms with van der Waals surface area (Å²) in [5, 5.41) is 0. The largest absolute Gasteiger partial charge is 0.488 e. The smallest absolute Gasteiger partial charge is 0.409 e. The van der Waals surface area contributed by atoms with Crippen molar-refractivity contribution in [1.82, 2.24) is 19.9 Å². The van der Waals surface area contributed by atoms with Gasteiger partial charge in [0.1, 0.15) is 19.0 Å². The zero-order valence-electron chi connectivity index (χ0n) is 17.6. The van der Waals surface area contributed by atoms with Crippen LogP contribution in [0.2, 0.25) is 0 Å². The first-order valence-electron chi connectivity index (χ1n) is 10.3. The van der Waals surface area contributed by atoms with Gasteiger partial charge in [0.25, 0.3) is 5.88 Å². The summed E-state index contributed by atoms with van der Waals surface area (Å²) >= 11 is 0. The zero-order chi connectivity index (χ0) is 21.2. The molecule has 1 amide bonds. The zero-order valence-corrected chi connectivity index (χ0v) is 17.6. The van der Waals surface area contributed by atoms with E-state index in [9.17, 15) is 4.79 Å². The van der Waals surface area contributed by atoms with Gasteiger partial charge < -0.3 is 24.0 Å². The normalized spacial score (nSPS) is 13.8. The molecule has 0 unspecified atom stereocenters. The van der Waals surface area contributed by atoms with Crippen molar-refractivity contribution in [2.75, 3.05) is 50.9 Å². The highest BCUT2D eigenvalue weighted by molar-refractivity contribution is 5.68. The van der Waals surface area contributed by atoms with E-state index < -0.39 is 0 Å². The molecule has 0 aliphatic carbocycles. The summed E-state index contributed by atoms with van der Waals surface area (Å²) in [5.74, 6) is 1.85. The lowest BCUT2D eigenvalue weighted by Crippen LogP contribution is -2.49. The maximum atomic E-state index is 12.1. The number of nitrogens with zero attached hydrogens (tertiary/aromatic N) is 5. The summed E-state index contributed by atoms with van der Waals surface area (Å²) in [6, 6.07) is 3.66. The first-order chi connectivity index (χ1) is 14.7. The van der Waals surface area contributed by atoms with Gasteiger partial charge in [-0.3, -0.25) is 4.98 Å². The number of hydrogen-bond acceptors (Lipinski definition) is 8. The second kappa shape index (κ2) is 11.2. The lowest BCUT2D eigenvalue weighted by Gasteiger charge is -2.35. The number of piperazine rings is 1. The summed E-state index contributed by atoms with van der Waals surface area (Å²) in [7, 11) is 0. The van der Waals surface area contributed by atoms with Gasteiger partial charge in [-0.25, -0.2) is 14.8 Å². The van der Waals surface area contributed by atoms with E-state index in [2.05, 4.69) is 26.8 Å². The van der Waals surface area contributed by atoms with Gasteiger partial charge in [0.2, 0.25) is 0 Å². The van der Waals surface area contributed by atoms with E-state index in [0.29, 0.717) is 63.4 Å². The summed E-state index contributed by atoms with van der Waals surface area (Å²) in [4.78, 5) is 29.0. The number of rotatable bonds is 9. The van der Waals surface area contributed by atoms with Crippen molar-refractivity contribution in [2.45, 2.75) is 26.7 Å². The van der Waals surface area contributed by atoms with Crippen LogP contribution < -0.4 is 14.4 Å². The predicted molar refractivity (Wildman–Crippen MR) is 112 cm³/mol. The summed E-state index contributed by atoms with van der Waals surface area (Å²) in [6.07, 6.45) is 6.72. The van der Waals surface area contributed by atoms with Gasteiger partial charge >= 0.3 is 6.09 Å². The third-order valence-electron chi connectivity index (χ3n) is 4.63. The van der Waals surface area contributed by atoms with Gasteiger partial charge in [0, 0.05) is 32.4 Å². The molecule has 2 aromatic heterocycles. The molecule has 162 valence electrons. The highest BCUT2D eigenvalue weighted by Gasteiger charge is 2.25. The molecular weight excluding hydrogens is 386 g/mol. The molecule has 1 aliphatic heterocycles. The number of carbonyl (C=O) groups excluding carboxylic acids is 1. The average Bonchev–Trinajstić information content (AvgIpc) is 2.78. The predicted octanol–water partition coefficient (Wildman–Crippen LogP) is 2.70. The Bertz CT molecular complexity index is 797. The van der Waals surface area contributed by atoms with Gasteiger partial charge in [-0.2, -0.15) is 0 Å². The number of carbonyl (C=O) groups is 1. The van der Waals surface area contributed by atoms with Crippen molar-refractivity contribution < 1.29 is 19.0 Å². The maximum absolute atomic E-state index is 12.1. The van der Waals surface area contributed by atoms with Crippen LogP contribution in [0.4, 0.5) is 10.6 Å². The Morgan fingerprint density at radius 1 is 1.10 bits per heavy atom. The fourth-order valence-corrected chi connectivity index (χ4v) is 2.99. The SMILES string of the molecule is CCCCOC(=O)N1CCN(c2ncc(C)nc2OCCOc2cccnc2)CC1. The molecule has 1 saturated heterocycles. The van der Waals surface area contributed by atoms with Crippen LogP contribution in [0.25, 0.3) is 0 Å². The number of aromatic nitrogens is 3. The van der Waals surface area contributed by atoms with Gasteiger partial charge in [-0.05, 0) is 25.5 Å². The monoisotopic (exact) mass is 415 g/mol. The van der Waals surface area contributed by atoms with Crippen LogP contribution in [-0.4, -0.2) is 71.9 Å². The maximum Gasteiger partial charge on any atom is 0.409 e. The third kappa shape index (κ3) is 6.20. The van der Waals surface area contributed by atoms with Crippen molar-refractivity contribution in [1.29, 1.82) is 0 Å². The van der Waals surface area contributed by atoms with E-state index in [-0.39, 0.29) is 6.09 Å². The van der Waals surface area contributed by atoms with Gasteiger partial charge in [-0.1, -0.05) is 13.3 Å². The molecule has 0 atom stereocenters. The molecule has 0 radical (unpaired) electrons. The molecule has 30 heavy (non-hydrogen) atoms. The van der Waals surface area contributed by atoms with Crippen molar-refractivity contribution in [3.63, 3.8) is 0 Å². The van der Waals surface area contributed by atoms with Crippen LogP contribution in [0, 0.1) is 6.92 Å². The van der Waals surface area contributed by atoms with E-state index in [0.717, 1.165) is 18.5 Å². The molecule has 2 aromatic rings. The Morgan fingerprint density at radius 3 is 2.63 bits per heavy atom. The lowest BCUT2D eigenvalue weighted by atomic mass is 10.3. The number of aryl methyl sites for hydroxylation is 1. The molecule has 3 rings (SSSR count). The molecule has 0 N–H and O–H groups in total. The van der Waals surface area contributed by atoms with Crippen LogP contribution in [0.1, 0.15) is 25.5 Å². The van der Waals surface area contributed by atoms with Crippen LogP contribution in [0.15, 0.2) is 30.7 Å². The van der Waals surface area contributed by atoms with Crippen LogP contribution in [0.3, 0.4) is 0 Å². The molecule has 1 aliphatic rings. The summed E-state index contributed by atoms with van der Waals surface area (Å²) < 4.78 is 16.8. The number of pyridine rings is 1. The van der Waals surface area contributed by atoms with E-state index in [1.165, 1.54) is 0 Å². The fourth-order valence-electron chi connectivity index (χ4n) is 2.99. The topological polar surface area (TPSA) is 89.9 Å². The van der Waals surface area contributed by atoms with E-state index in [1.807, 2.05) is 19.1 Å². The molecule has 9 heteroatoms. The number of hydrogen-bond donors (Lipinski definition) is 0. The second-order valence-corrected chi connectivity index (χ2v) is 6.97. The average molecular weight is 415 g/mol. The Morgan fingerprint density at radius 2 is 1.90 bits per heavy atom. The van der Waals surface area contributed by atoms with Crippen molar-refractivity contribution in [2.24, 2.45) is 0 Å². The van der Waals surface area contributed by atoms with Gasteiger partial charge in [0.15, 0.2) is 5.82 Å². The highest BCUT2D eigenvalue weighted by atomic mass is 16.6. The Labute approximate surface area is 177 Å². The van der Waals surface area contributed by atoms with E-state index >= 15 is 0 Å². The third-order valence-corrected chi connectivity index (χ3v) is 4.63. The van der Waals surface area contributed by atoms with Crippen molar-refractivity contribution >= 4 is 11.9 Å². The molecule has 0 aromatic carbocycles. The van der Waals surface area contributed by atoms with E-state index in [1.54, 1.807) is 23.5 Å². The molecular formula is C21H29N5O4. The Kier molecular flexibility index (Phi) is 8.05. The van der Waals surface area contributed by atoms with Crippen molar-refractivity contribution in [3.8, 4) is 11.6 Å². The van der Waals surface area contributed by atoms with Gasteiger partial charge in [-0.15, -0.1) is 0 Å². The standard InChI is InChI=1S/C21H29N5O4/c1-3-4-12-30-21(27)26-10-8-25(9-11-26)19-20(24-17(2)15-23-19)29-14-13-28-18-6-5-7-22-16-18/h5-7,15-16H,3-4,8-14H2,1-2H3. The fraction of sp³-hybridized carbons (Fsp3) is 0.524. The Hall–Kier alpha value is -3.10. The van der Waals surface area contributed by atoms with Gasteiger partial charge in [0.05, 0.1) is 24.7 Å². The lowest BCUT2D eigenvalue weighted by molar-refractivity contribution is 0.0988. The minimum absolute atomic E-state index is 0.248. The highest BCUT2D eigenvalue weighted by Crippen LogP contribution is 2.25. The minimum atomic E-state index is -0.248. The van der Waals surface area contributed by atoms with Crippen molar-refractivity contribution in [3.05, 3.63) is 36.4 Å². The number of unbranched alkanes of at least 4 members (excludes halogenated alkanes) is 1. The number of ether oxygens (including phenoxy) is 3. The molecule has 0 spiro atoms. The molecule has 0 saturated carbocycles. The minimum Gasteiger partial charge on any atom is -0.488 e. The molecule has 3 heterocycles. The van der Waals surface area contributed by atoms with E-state index in [4.69, 9.17) is 14.2 Å². The van der Waals surface area contributed by atoms with Crippen LogP contribution >= 0.6 is 0 Å². The summed E-state index contributed by atoms with van der Waals surface area (Å²) in [5.41, 5.74) is 0.778. The summed E-state index contributed by atoms with van der Waals surface area (Å²) in [6.45, 7) is 7.56. The van der Waals surface area contributed by atoms with Crippen LogP contribution in [-0.2, 0) is 4.74 Å². The second-order valence-electron chi connectivity index (χ2n) is 6.97. The van der Waals surface area contributed by atoms with Crippen LogP contribution in [0.5, 0.6) is 11.6 Å². The number of anilines is 1. The molecule has 1 fully saturated rings. The Balaban J connectivity index is 1.52. The first-order valence-corrected chi connectivity index (χ1v) is 10.3. The molecule has 9 nitrogen and oxygen atoms in total. The first kappa shape index (κ1) is 21.6. The number of amides is 1. The molecule has 0 bridgehead atoms.